The number of carbonyl (C=O) groups is 2. The van der Waals surface area contributed by atoms with Crippen molar-refractivity contribution in [3.8, 4) is 11.3 Å². The first-order valence-corrected chi connectivity index (χ1v) is 8.16. The predicted molar refractivity (Wildman–Crippen MR) is 87.6 cm³/mol. The quantitative estimate of drug-likeness (QED) is 0.898. The highest BCUT2D eigenvalue weighted by molar-refractivity contribution is 6.33. The molecule has 0 aliphatic carbocycles. The Morgan fingerprint density at radius 2 is 2.17 bits per heavy atom. The van der Waals surface area contributed by atoms with E-state index in [2.05, 4.69) is 4.98 Å². The second-order valence-electron chi connectivity index (χ2n) is 5.68. The molecule has 3 rings (SSSR count). The van der Waals surface area contributed by atoms with Gasteiger partial charge in [0.25, 0.3) is 0 Å². The van der Waals surface area contributed by atoms with Crippen molar-refractivity contribution in [1.82, 2.24) is 9.88 Å². The molecule has 0 unspecified atom stereocenters. The molecule has 1 amide bonds. The molecular formula is C17H17ClN2O4. The van der Waals surface area contributed by atoms with Gasteiger partial charge in [0, 0.05) is 24.9 Å². The summed E-state index contributed by atoms with van der Waals surface area (Å²) in [6, 6.07) is 6.57. The van der Waals surface area contributed by atoms with E-state index in [0.717, 1.165) is 12.0 Å². The number of carbonyl (C=O) groups excluding carboxylic acids is 1. The zero-order valence-electron chi connectivity index (χ0n) is 12.9. The normalized spacial score (nSPS) is 17.2. The number of nitrogens with zero attached hydrogens (tertiary/aromatic N) is 2. The monoisotopic (exact) mass is 348 g/mol. The fourth-order valence-corrected chi connectivity index (χ4v) is 3.12. The minimum Gasteiger partial charge on any atom is -0.480 e. The van der Waals surface area contributed by atoms with E-state index < -0.39 is 12.0 Å². The largest absolute Gasteiger partial charge is 0.480 e. The summed E-state index contributed by atoms with van der Waals surface area (Å²) in [6.45, 7) is 0.492. The number of hydrogen-bond acceptors (Lipinski definition) is 4. The standard InChI is InChI=1S/C17H17ClN2O4/c18-12-5-2-1-4-11(12)14-10-19-15(24-14)7-8-16(21)20-9-3-6-13(20)17(22)23/h1-2,4-5,10,13H,3,6-9H2,(H,22,23)/t13-/m1/s1. The summed E-state index contributed by atoms with van der Waals surface area (Å²) in [4.78, 5) is 29.0. The van der Waals surface area contributed by atoms with Crippen LogP contribution in [-0.2, 0) is 16.0 Å². The number of carboxylic acids is 1. The molecule has 1 aromatic carbocycles. The molecule has 0 spiro atoms. The van der Waals surface area contributed by atoms with Gasteiger partial charge in [-0.15, -0.1) is 0 Å². The SMILES string of the molecule is O=C(O)[C@H]1CCCN1C(=O)CCc1ncc(-c2ccccc2Cl)o1. The van der Waals surface area contributed by atoms with Gasteiger partial charge in [-0.3, -0.25) is 4.79 Å². The summed E-state index contributed by atoms with van der Waals surface area (Å²) >= 11 is 6.12. The minimum atomic E-state index is -0.946. The molecule has 0 radical (unpaired) electrons. The Morgan fingerprint density at radius 1 is 1.38 bits per heavy atom. The highest BCUT2D eigenvalue weighted by Crippen LogP contribution is 2.28. The number of carboxylic acid groups (broad SMARTS) is 1. The van der Waals surface area contributed by atoms with Crippen molar-refractivity contribution in [2.75, 3.05) is 6.54 Å². The molecule has 24 heavy (non-hydrogen) atoms. The maximum atomic E-state index is 12.2. The Bertz CT molecular complexity index is 759. The van der Waals surface area contributed by atoms with Crippen molar-refractivity contribution in [2.24, 2.45) is 0 Å². The molecule has 126 valence electrons. The Kier molecular flexibility index (Phi) is 4.85. The molecule has 0 bridgehead atoms. The molecular weight excluding hydrogens is 332 g/mol. The minimum absolute atomic E-state index is 0.173. The first kappa shape index (κ1) is 16.5. The molecule has 6 nitrogen and oxygen atoms in total. The first-order chi connectivity index (χ1) is 11.6. The van der Waals surface area contributed by atoms with Crippen LogP contribution in [0.5, 0.6) is 0 Å². The third-order valence-corrected chi connectivity index (χ3v) is 4.43. The molecule has 1 fully saturated rings. The average Bonchev–Trinajstić information content (AvgIpc) is 3.22. The van der Waals surface area contributed by atoms with Gasteiger partial charge in [0.15, 0.2) is 11.7 Å². The third-order valence-electron chi connectivity index (χ3n) is 4.10. The van der Waals surface area contributed by atoms with Gasteiger partial charge < -0.3 is 14.4 Å². The maximum Gasteiger partial charge on any atom is 0.326 e. The fraction of sp³-hybridized carbons (Fsp3) is 0.353. The van der Waals surface area contributed by atoms with Crippen molar-refractivity contribution in [3.05, 3.63) is 41.4 Å². The van der Waals surface area contributed by atoms with Gasteiger partial charge in [0.1, 0.15) is 6.04 Å². The molecule has 1 saturated heterocycles. The zero-order chi connectivity index (χ0) is 17.1. The van der Waals surface area contributed by atoms with E-state index >= 15 is 0 Å². The van der Waals surface area contributed by atoms with Crippen LogP contribution in [0.2, 0.25) is 5.02 Å². The number of aliphatic carboxylic acids is 1. The fourth-order valence-electron chi connectivity index (χ4n) is 2.89. The summed E-state index contributed by atoms with van der Waals surface area (Å²) in [5.74, 6) is -0.146. The lowest BCUT2D eigenvalue weighted by Gasteiger charge is -2.20. The maximum absolute atomic E-state index is 12.2. The summed E-state index contributed by atoms with van der Waals surface area (Å²) < 4.78 is 5.66. The zero-order valence-corrected chi connectivity index (χ0v) is 13.7. The Labute approximate surface area is 144 Å². The number of benzene rings is 1. The number of hydrogen-bond donors (Lipinski definition) is 1. The van der Waals surface area contributed by atoms with E-state index in [4.69, 9.17) is 21.1 Å². The van der Waals surface area contributed by atoms with Crippen LogP contribution in [-0.4, -0.2) is 39.5 Å². The number of halogens is 1. The van der Waals surface area contributed by atoms with Crippen molar-refractivity contribution < 1.29 is 19.1 Å². The summed E-state index contributed by atoms with van der Waals surface area (Å²) in [5, 5.41) is 9.70. The van der Waals surface area contributed by atoms with Gasteiger partial charge in [-0.1, -0.05) is 23.7 Å². The lowest BCUT2D eigenvalue weighted by molar-refractivity contribution is -0.148. The second-order valence-corrected chi connectivity index (χ2v) is 6.09. The van der Waals surface area contributed by atoms with E-state index in [9.17, 15) is 9.59 Å². The van der Waals surface area contributed by atoms with E-state index in [0.29, 0.717) is 36.1 Å². The van der Waals surface area contributed by atoms with Crippen LogP contribution in [0, 0.1) is 0 Å². The van der Waals surface area contributed by atoms with Crippen LogP contribution >= 0.6 is 11.6 Å². The average molecular weight is 349 g/mol. The smallest absolute Gasteiger partial charge is 0.326 e. The molecule has 7 heteroatoms. The van der Waals surface area contributed by atoms with Gasteiger partial charge in [0.2, 0.25) is 5.91 Å². The molecule has 2 heterocycles. The summed E-state index contributed by atoms with van der Waals surface area (Å²) in [7, 11) is 0. The van der Waals surface area contributed by atoms with Crippen molar-refractivity contribution in [3.63, 3.8) is 0 Å². The number of rotatable bonds is 5. The van der Waals surface area contributed by atoms with Gasteiger partial charge in [-0.05, 0) is 25.0 Å². The molecule has 1 aliphatic heterocycles. The molecule has 1 N–H and O–H groups in total. The van der Waals surface area contributed by atoms with E-state index in [1.165, 1.54) is 4.90 Å². The number of oxazole rings is 1. The molecule has 1 aliphatic rings. The van der Waals surface area contributed by atoms with Crippen molar-refractivity contribution >= 4 is 23.5 Å². The number of amides is 1. The number of likely N-dealkylation sites (tertiary alicyclic amines) is 1. The van der Waals surface area contributed by atoms with E-state index in [1.54, 1.807) is 12.3 Å². The number of aromatic nitrogens is 1. The lowest BCUT2D eigenvalue weighted by Crippen LogP contribution is -2.40. The first-order valence-electron chi connectivity index (χ1n) is 7.78. The van der Waals surface area contributed by atoms with Crippen molar-refractivity contribution in [1.29, 1.82) is 0 Å². The van der Waals surface area contributed by atoms with Crippen LogP contribution in [0.4, 0.5) is 0 Å². The molecule has 1 atom stereocenters. The van der Waals surface area contributed by atoms with Gasteiger partial charge in [0.05, 0.1) is 11.2 Å². The topological polar surface area (TPSA) is 83.6 Å². The molecule has 0 saturated carbocycles. The van der Waals surface area contributed by atoms with Crippen LogP contribution in [0.25, 0.3) is 11.3 Å². The lowest BCUT2D eigenvalue weighted by atomic mass is 10.2. The Hall–Kier alpha value is -2.34. The predicted octanol–water partition coefficient (Wildman–Crippen LogP) is 3.00. The Balaban J connectivity index is 1.63. The van der Waals surface area contributed by atoms with Gasteiger partial charge in [-0.2, -0.15) is 0 Å². The van der Waals surface area contributed by atoms with Crippen LogP contribution in [0.3, 0.4) is 0 Å². The van der Waals surface area contributed by atoms with Crippen molar-refractivity contribution in [2.45, 2.75) is 31.7 Å². The Morgan fingerprint density at radius 3 is 2.92 bits per heavy atom. The van der Waals surface area contributed by atoms with Gasteiger partial charge in [-0.25, -0.2) is 9.78 Å². The summed E-state index contributed by atoms with van der Waals surface area (Å²) in [6.07, 6.45) is 3.31. The highest BCUT2D eigenvalue weighted by Gasteiger charge is 2.33. The highest BCUT2D eigenvalue weighted by atomic mass is 35.5. The summed E-state index contributed by atoms with van der Waals surface area (Å²) in [5.41, 5.74) is 0.745. The van der Waals surface area contributed by atoms with Crippen LogP contribution < -0.4 is 0 Å². The molecule has 1 aromatic heterocycles. The number of aryl methyl sites for hydroxylation is 1. The van der Waals surface area contributed by atoms with Crippen LogP contribution in [0.1, 0.15) is 25.2 Å². The van der Waals surface area contributed by atoms with Crippen LogP contribution in [0.15, 0.2) is 34.9 Å². The van der Waals surface area contributed by atoms with Gasteiger partial charge >= 0.3 is 5.97 Å². The van der Waals surface area contributed by atoms with E-state index in [-0.39, 0.29) is 12.3 Å². The van der Waals surface area contributed by atoms with E-state index in [1.807, 2.05) is 18.2 Å². The molecule has 2 aromatic rings. The second kappa shape index (κ2) is 7.05. The third kappa shape index (κ3) is 3.43.